The monoisotopic (exact) mass is 316 g/mol. The molecule has 0 N–H and O–H groups in total. The third kappa shape index (κ3) is 2.30. The first-order valence-corrected chi connectivity index (χ1v) is 8.52. The minimum absolute atomic E-state index is 0.228. The van der Waals surface area contributed by atoms with Crippen molar-refractivity contribution >= 4 is 38.3 Å². The van der Waals surface area contributed by atoms with E-state index in [0.717, 1.165) is 22.6 Å². The Bertz CT molecular complexity index is 1020. The molecular weight excluding hydrogens is 296 g/mol. The van der Waals surface area contributed by atoms with Gasteiger partial charge in [0, 0.05) is 0 Å². The van der Waals surface area contributed by atoms with Gasteiger partial charge >= 0.3 is 5.97 Å². The SMILES string of the molecule is CC[C@H](C)COC(=O)c1ccc2ccc3cccc4ccc1c2c34. The molecule has 0 aliphatic heterocycles. The summed E-state index contributed by atoms with van der Waals surface area (Å²) in [5.74, 6) is 0.155. The van der Waals surface area contributed by atoms with Gasteiger partial charge in [0.1, 0.15) is 0 Å². The molecule has 0 heterocycles. The van der Waals surface area contributed by atoms with E-state index in [-0.39, 0.29) is 5.97 Å². The van der Waals surface area contributed by atoms with Gasteiger partial charge in [-0.15, -0.1) is 0 Å². The van der Waals surface area contributed by atoms with Crippen molar-refractivity contribution in [3.05, 3.63) is 60.2 Å². The van der Waals surface area contributed by atoms with Crippen LogP contribution in [0, 0.1) is 5.92 Å². The lowest BCUT2D eigenvalue weighted by atomic mass is 9.92. The number of hydrogen-bond acceptors (Lipinski definition) is 2. The molecule has 4 aromatic carbocycles. The Kier molecular flexibility index (Phi) is 3.61. The number of carbonyl (C=O) groups excluding carboxylic acids is 1. The topological polar surface area (TPSA) is 26.3 Å². The Morgan fingerprint density at radius 3 is 2.25 bits per heavy atom. The van der Waals surface area contributed by atoms with Gasteiger partial charge in [-0.1, -0.05) is 68.8 Å². The maximum atomic E-state index is 12.6. The molecule has 4 rings (SSSR count). The highest BCUT2D eigenvalue weighted by molar-refractivity contribution is 6.25. The number of benzene rings is 4. The number of hydrogen-bond donors (Lipinski definition) is 0. The van der Waals surface area contributed by atoms with Gasteiger partial charge in [0.2, 0.25) is 0 Å². The van der Waals surface area contributed by atoms with E-state index in [1.54, 1.807) is 0 Å². The maximum Gasteiger partial charge on any atom is 0.338 e. The van der Waals surface area contributed by atoms with Gasteiger partial charge in [-0.05, 0) is 44.3 Å². The van der Waals surface area contributed by atoms with Gasteiger partial charge < -0.3 is 4.74 Å². The fourth-order valence-corrected chi connectivity index (χ4v) is 3.33. The molecule has 0 spiro atoms. The predicted octanol–water partition coefficient (Wildman–Crippen LogP) is 5.79. The first-order valence-electron chi connectivity index (χ1n) is 8.52. The molecule has 0 saturated carbocycles. The molecule has 0 radical (unpaired) electrons. The van der Waals surface area contributed by atoms with Crippen LogP contribution in [0.1, 0.15) is 30.6 Å². The Morgan fingerprint density at radius 1 is 0.917 bits per heavy atom. The van der Waals surface area contributed by atoms with Crippen molar-refractivity contribution in [3.63, 3.8) is 0 Å². The summed E-state index contributed by atoms with van der Waals surface area (Å²) in [5, 5.41) is 6.93. The van der Waals surface area contributed by atoms with Crippen molar-refractivity contribution in [2.75, 3.05) is 6.61 Å². The first-order chi connectivity index (χ1) is 11.7. The van der Waals surface area contributed by atoms with Crippen LogP contribution in [-0.4, -0.2) is 12.6 Å². The molecule has 1 atom stereocenters. The van der Waals surface area contributed by atoms with E-state index in [4.69, 9.17) is 4.74 Å². The Morgan fingerprint density at radius 2 is 1.54 bits per heavy atom. The van der Waals surface area contributed by atoms with E-state index in [2.05, 4.69) is 50.2 Å². The van der Waals surface area contributed by atoms with Crippen molar-refractivity contribution in [1.82, 2.24) is 0 Å². The lowest BCUT2D eigenvalue weighted by Gasteiger charge is -2.14. The number of ether oxygens (including phenoxy) is 1. The molecule has 0 amide bonds. The summed E-state index contributed by atoms with van der Waals surface area (Å²) in [5.41, 5.74) is 0.657. The summed E-state index contributed by atoms with van der Waals surface area (Å²) in [6, 6.07) is 18.6. The van der Waals surface area contributed by atoms with Crippen LogP contribution in [0.3, 0.4) is 0 Å². The van der Waals surface area contributed by atoms with E-state index < -0.39 is 0 Å². The molecule has 24 heavy (non-hydrogen) atoms. The van der Waals surface area contributed by atoms with Gasteiger partial charge in [-0.2, -0.15) is 0 Å². The van der Waals surface area contributed by atoms with Crippen LogP contribution in [0.25, 0.3) is 32.3 Å². The summed E-state index contributed by atoms with van der Waals surface area (Å²) >= 11 is 0. The Labute approximate surface area is 141 Å². The van der Waals surface area contributed by atoms with Crippen molar-refractivity contribution in [2.24, 2.45) is 5.92 Å². The highest BCUT2D eigenvalue weighted by Gasteiger charge is 2.16. The minimum Gasteiger partial charge on any atom is -0.462 e. The Balaban J connectivity index is 1.89. The molecular formula is C22H20O2. The Hall–Kier alpha value is -2.61. The predicted molar refractivity (Wildman–Crippen MR) is 99.9 cm³/mol. The first kappa shape index (κ1) is 14.9. The highest BCUT2D eigenvalue weighted by atomic mass is 16.5. The second-order valence-electron chi connectivity index (χ2n) is 6.58. The van der Waals surface area contributed by atoms with Crippen LogP contribution in [0.15, 0.2) is 54.6 Å². The fraction of sp³-hybridized carbons (Fsp3) is 0.227. The summed E-state index contributed by atoms with van der Waals surface area (Å²) in [7, 11) is 0. The molecule has 0 unspecified atom stereocenters. The van der Waals surface area contributed by atoms with Crippen LogP contribution < -0.4 is 0 Å². The fourth-order valence-electron chi connectivity index (χ4n) is 3.33. The average molecular weight is 316 g/mol. The molecule has 0 bridgehead atoms. The van der Waals surface area contributed by atoms with Gasteiger partial charge in [-0.3, -0.25) is 0 Å². The quantitative estimate of drug-likeness (QED) is 0.352. The van der Waals surface area contributed by atoms with Gasteiger partial charge in [-0.25, -0.2) is 4.79 Å². The normalized spacial score (nSPS) is 12.9. The molecule has 120 valence electrons. The summed E-state index contributed by atoms with van der Waals surface area (Å²) in [4.78, 5) is 12.6. The van der Waals surface area contributed by atoms with Gasteiger partial charge in [0.25, 0.3) is 0 Å². The van der Waals surface area contributed by atoms with E-state index in [1.807, 2.05) is 18.2 Å². The van der Waals surface area contributed by atoms with Crippen LogP contribution in [-0.2, 0) is 4.74 Å². The smallest absolute Gasteiger partial charge is 0.338 e. The second kappa shape index (κ2) is 5.79. The van der Waals surface area contributed by atoms with E-state index in [0.29, 0.717) is 18.1 Å². The van der Waals surface area contributed by atoms with E-state index in [9.17, 15) is 4.79 Å². The molecule has 4 aromatic rings. The zero-order valence-corrected chi connectivity index (χ0v) is 14.0. The summed E-state index contributed by atoms with van der Waals surface area (Å²) < 4.78 is 5.53. The van der Waals surface area contributed by atoms with Gasteiger partial charge in [0.15, 0.2) is 0 Å². The average Bonchev–Trinajstić information content (AvgIpc) is 2.63. The number of esters is 1. The molecule has 0 saturated heterocycles. The van der Waals surface area contributed by atoms with Crippen LogP contribution in [0.4, 0.5) is 0 Å². The van der Waals surface area contributed by atoms with E-state index in [1.165, 1.54) is 16.2 Å². The molecule has 2 nitrogen and oxygen atoms in total. The van der Waals surface area contributed by atoms with Crippen molar-refractivity contribution in [2.45, 2.75) is 20.3 Å². The van der Waals surface area contributed by atoms with Crippen molar-refractivity contribution < 1.29 is 9.53 Å². The maximum absolute atomic E-state index is 12.6. The lowest BCUT2D eigenvalue weighted by molar-refractivity contribution is 0.0449. The van der Waals surface area contributed by atoms with E-state index >= 15 is 0 Å². The van der Waals surface area contributed by atoms with Gasteiger partial charge in [0.05, 0.1) is 12.2 Å². The zero-order valence-electron chi connectivity index (χ0n) is 14.0. The molecule has 0 aliphatic rings. The van der Waals surface area contributed by atoms with Crippen molar-refractivity contribution in [3.8, 4) is 0 Å². The lowest BCUT2D eigenvalue weighted by Crippen LogP contribution is -2.12. The van der Waals surface area contributed by atoms with Crippen LogP contribution in [0.2, 0.25) is 0 Å². The standard InChI is InChI=1S/C22H20O2/c1-3-14(2)13-24-22(23)19-12-10-17-8-7-15-5-4-6-16-9-11-18(19)21(17)20(15)16/h4-12,14H,3,13H2,1-2H3/t14-/m0/s1. The van der Waals surface area contributed by atoms with Crippen LogP contribution in [0.5, 0.6) is 0 Å². The molecule has 0 aromatic heterocycles. The number of rotatable bonds is 4. The number of carbonyl (C=O) groups is 1. The summed E-state index contributed by atoms with van der Waals surface area (Å²) in [6.45, 7) is 4.67. The zero-order chi connectivity index (χ0) is 16.7. The largest absolute Gasteiger partial charge is 0.462 e. The molecule has 2 heteroatoms. The highest BCUT2D eigenvalue weighted by Crippen LogP contribution is 2.36. The minimum atomic E-state index is -0.228. The van der Waals surface area contributed by atoms with Crippen LogP contribution >= 0.6 is 0 Å². The van der Waals surface area contributed by atoms with Crippen molar-refractivity contribution in [1.29, 1.82) is 0 Å². The molecule has 0 aliphatic carbocycles. The second-order valence-corrected chi connectivity index (χ2v) is 6.58. The third-order valence-electron chi connectivity index (χ3n) is 4.94. The molecule has 0 fully saturated rings. The summed E-state index contributed by atoms with van der Waals surface area (Å²) in [6.07, 6.45) is 1.01. The third-order valence-corrected chi connectivity index (χ3v) is 4.94.